The van der Waals surface area contributed by atoms with Crippen LogP contribution in [0.2, 0.25) is 0 Å². The molecule has 2 aromatic heterocycles. The fourth-order valence-corrected chi connectivity index (χ4v) is 3.22. The molecule has 8 heteroatoms. The Morgan fingerprint density at radius 3 is 2.75 bits per heavy atom. The summed E-state index contributed by atoms with van der Waals surface area (Å²) < 4.78 is 26.9. The maximum atomic E-state index is 12.2. The van der Waals surface area contributed by atoms with Gasteiger partial charge in [-0.05, 0) is 26.0 Å². The zero-order chi connectivity index (χ0) is 14.8. The molecule has 0 saturated carbocycles. The van der Waals surface area contributed by atoms with Gasteiger partial charge in [0.25, 0.3) is 0 Å². The summed E-state index contributed by atoms with van der Waals surface area (Å²) in [6.07, 6.45) is 0. The van der Waals surface area contributed by atoms with Crippen LogP contribution in [-0.2, 0) is 23.2 Å². The lowest BCUT2D eigenvalue weighted by Gasteiger charge is -2.07. The van der Waals surface area contributed by atoms with Crippen molar-refractivity contribution >= 4 is 10.0 Å². The number of aromatic amines is 1. The number of aliphatic hydroxyl groups excluding tert-OH is 1. The highest BCUT2D eigenvalue weighted by Crippen LogP contribution is 2.17. The van der Waals surface area contributed by atoms with Gasteiger partial charge < -0.3 is 5.11 Å². The van der Waals surface area contributed by atoms with E-state index in [2.05, 4.69) is 19.9 Å². The molecule has 0 fully saturated rings. The summed E-state index contributed by atoms with van der Waals surface area (Å²) in [6.45, 7) is 3.07. The molecule has 20 heavy (non-hydrogen) atoms. The van der Waals surface area contributed by atoms with E-state index in [1.807, 2.05) is 19.1 Å². The van der Waals surface area contributed by atoms with Crippen molar-refractivity contribution < 1.29 is 13.5 Å². The van der Waals surface area contributed by atoms with Gasteiger partial charge in [-0.25, -0.2) is 13.1 Å². The summed E-state index contributed by atoms with van der Waals surface area (Å²) >= 11 is 0. The number of pyridine rings is 1. The van der Waals surface area contributed by atoms with E-state index in [0.717, 1.165) is 5.69 Å². The van der Waals surface area contributed by atoms with Gasteiger partial charge in [-0.15, -0.1) is 0 Å². The highest BCUT2D eigenvalue weighted by atomic mass is 32.2. The molecule has 0 atom stereocenters. The first-order valence-electron chi connectivity index (χ1n) is 6.01. The fourth-order valence-electron chi connectivity index (χ4n) is 1.87. The van der Waals surface area contributed by atoms with Gasteiger partial charge in [-0.3, -0.25) is 10.1 Å². The van der Waals surface area contributed by atoms with Crippen LogP contribution in [0.15, 0.2) is 23.1 Å². The summed E-state index contributed by atoms with van der Waals surface area (Å²) in [7, 11) is -3.75. The zero-order valence-corrected chi connectivity index (χ0v) is 12.0. The van der Waals surface area contributed by atoms with Crippen molar-refractivity contribution in [3.8, 4) is 0 Å². The molecule has 0 radical (unpaired) electrons. The monoisotopic (exact) mass is 296 g/mol. The highest BCUT2D eigenvalue weighted by molar-refractivity contribution is 7.89. The van der Waals surface area contributed by atoms with Crippen LogP contribution in [0.4, 0.5) is 0 Å². The van der Waals surface area contributed by atoms with Crippen molar-refractivity contribution in [1.29, 1.82) is 0 Å². The number of nitrogens with zero attached hydrogens (tertiary/aromatic N) is 2. The van der Waals surface area contributed by atoms with E-state index < -0.39 is 16.6 Å². The standard InChI is InChI=1S/C12H16N4O3S/c1-8-4-3-5-10(14-8)6-13-20(18,19)12-9(2)15-16-11(12)7-17/h3-5,13,17H,6-7H2,1-2H3,(H,15,16). The molecule has 0 aliphatic rings. The van der Waals surface area contributed by atoms with Gasteiger partial charge in [0.2, 0.25) is 10.0 Å². The van der Waals surface area contributed by atoms with E-state index in [-0.39, 0.29) is 17.1 Å². The van der Waals surface area contributed by atoms with Crippen molar-refractivity contribution in [2.45, 2.75) is 31.9 Å². The molecule has 2 heterocycles. The second kappa shape index (κ2) is 5.70. The number of aromatic nitrogens is 3. The minimum Gasteiger partial charge on any atom is -0.390 e. The molecule has 3 N–H and O–H groups in total. The molecule has 108 valence electrons. The van der Waals surface area contributed by atoms with E-state index in [0.29, 0.717) is 11.4 Å². The van der Waals surface area contributed by atoms with Gasteiger partial charge in [0.1, 0.15) is 10.6 Å². The summed E-state index contributed by atoms with van der Waals surface area (Å²) in [6, 6.07) is 5.39. The first-order chi connectivity index (χ1) is 9.44. The molecule has 2 rings (SSSR count). The van der Waals surface area contributed by atoms with E-state index in [9.17, 15) is 8.42 Å². The summed E-state index contributed by atoms with van der Waals surface area (Å²) in [5, 5.41) is 15.4. The minimum atomic E-state index is -3.75. The molecule has 7 nitrogen and oxygen atoms in total. The van der Waals surface area contributed by atoms with Crippen molar-refractivity contribution in [2.75, 3.05) is 0 Å². The quantitative estimate of drug-likeness (QED) is 0.740. The van der Waals surface area contributed by atoms with E-state index in [4.69, 9.17) is 5.11 Å². The molecule has 2 aromatic rings. The summed E-state index contributed by atoms with van der Waals surface area (Å²) in [4.78, 5) is 4.22. The average Bonchev–Trinajstić information content (AvgIpc) is 2.78. The smallest absolute Gasteiger partial charge is 0.244 e. The molecule has 0 aromatic carbocycles. The molecular formula is C12H16N4O3S. The van der Waals surface area contributed by atoms with Crippen molar-refractivity contribution in [3.63, 3.8) is 0 Å². The van der Waals surface area contributed by atoms with Gasteiger partial charge in [-0.2, -0.15) is 5.10 Å². The van der Waals surface area contributed by atoms with Gasteiger partial charge in [-0.1, -0.05) is 6.07 Å². The average molecular weight is 296 g/mol. The SMILES string of the molecule is Cc1cccc(CNS(=O)(=O)c2c(CO)n[nH]c2C)n1. The van der Waals surface area contributed by atoms with Crippen LogP contribution in [0.3, 0.4) is 0 Å². The Bertz CT molecular complexity index is 709. The molecule has 0 bridgehead atoms. The maximum absolute atomic E-state index is 12.2. The number of rotatable bonds is 5. The predicted molar refractivity (Wildman–Crippen MR) is 72.2 cm³/mol. The second-order valence-electron chi connectivity index (χ2n) is 4.38. The molecule has 0 spiro atoms. The Kier molecular flexibility index (Phi) is 4.17. The zero-order valence-electron chi connectivity index (χ0n) is 11.2. The summed E-state index contributed by atoms with van der Waals surface area (Å²) in [5.41, 5.74) is 1.93. The Hall–Kier alpha value is -1.77. The lowest BCUT2D eigenvalue weighted by Crippen LogP contribution is -2.25. The second-order valence-corrected chi connectivity index (χ2v) is 6.08. The minimum absolute atomic E-state index is 0.00680. The van der Waals surface area contributed by atoms with Gasteiger partial charge in [0, 0.05) is 5.69 Å². The normalized spacial score (nSPS) is 11.8. The van der Waals surface area contributed by atoms with Gasteiger partial charge in [0.15, 0.2) is 0 Å². The van der Waals surface area contributed by atoms with E-state index in [1.165, 1.54) is 0 Å². The Morgan fingerprint density at radius 1 is 1.35 bits per heavy atom. The topological polar surface area (TPSA) is 108 Å². The number of aliphatic hydroxyl groups is 1. The van der Waals surface area contributed by atoms with Gasteiger partial charge >= 0.3 is 0 Å². The molecular weight excluding hydrogens is 280 g/mol. The lowest BCUT2D eigenvalue weighted by atomic mass is 10.3. The van der Waals surface area contributed by atoms with Gasteiger partial charge in [0.05, 0.1) is 24.5 Å². The largest absolute Gasteiger partial charge is 0.390 e. The third kappa shape index (κ3) is 3.03. The highest BCUT2D eigenvalue weighted by Gasteiger charge is 2.23. The van der Waals surface area contributed by atoms with Crippen LogP contribution >= 0.6 is 0 Å². The van der Waals surface area contributed by atoms with Crippen molar-refractivity contribution in [1.82, 2.24) is 19.9 Å². The molecule has 0 unspecified atom stereocenters. The van der Waals surface area contributed by atoms with Crippen molar-refractivity contribution in [2.24, 2.45) is 0 Å². The lowest BCUT2D eigenvalue weighted by molar-refractivity contribution is 0.273. The predicted octanol–water partition coefficient (Wildman–Crippen LogP) is 0.392. The van der Waals surface area contributed by atoms with Crippen LogP contribution in [0.1, 0.15) is 22.8 Å². The Labute approximate surface area is 117 Å². The number of hydrogen-bond donors (Lipinski definition) is 3. The Balaban J connectivity index is 2.21. The third-order valence-corrected chi connectivity index (χ3v) is 4.37. The van der Waals surface area contributed by atoms with Crippen LogP contribution in [0.5, 0.6) is 0 Å². The first-order valence-corrected chi connectivity index (χ1v) is 7.49. The molecule has 0 amide bonds. The number of H-pyrrole nitrogens is 1. The molecule has 0 saturated heterocycles. The number of nitrogens with one attached hydrogen (secondary N) is 2. The van der Waals surface area contributed by atoms with Crippen molar-refractivity contribution in [3.05, 3.63) is 41.0 Å². The first kappa shape index (κ1) is 14.6. The number of sulfonamides is 1. The van der Waals surface area contributed by atoms with Crippen LogP contribution < -0.4 is 4.72 Å². The van der Waals surface area contributed by atoms with Crippen LogP contribution in [0.25, 0.3) is 0 Å². The van der Waals surface area contributed by atoms with Crippen LogP contribution in [-0.4, -0.2) is 28.7 Å². The number of hydrogen-bond acceptors (Lipinski definition) is 5. The maximum Gasteiger partial charge on any atom is 0.244 e. The Morgan fingerprint density at radius 2 is 2.10 bits per heavy atom. The number of aryl methyl sites for hydroxylation is 2. The summed E-state index contributed by atoms with van der Waals surface area (Å²) in [5.74, 6) is 0. The van der Waals surface area contributed by atoms with E-state index in [1.54, 1.807) is 13.0 Å². The fraction of sp³-hybridized carbons (Fsp3) is 0.333. The molecule has 0 aliphatic heterocycles. The third-order valence-electron chi connectivity index (χ3n) is 2.77. The molecule has 0 aliphatic carbocycles. The van der Waals surface area contributed by atoms with E-state index >= 15 is 0 Å². The van der Waals surface area contributed by atoms with Crippen LogP contribution in [0, 0.1) is 13.8 Å².